The minimum Gasteiger partial charge on any atom is -0.382 e. The Morgan fingerprint density at radius 1 is 1.30 bits per heavy atom. The maximum atomic E-state index is 6.08. The summed E-state index contributed by atoms with van der Waals surface area (Å²) in [5.41, 5.74) is 8.62. The second-order valence-corrected chi connectivity index (χ2v) is 6.89. The molecule has 0 atom stereocenters. The molecule has 3 heterocycles. The fraction of sp³-hybridized carbons (Fsp3) is 0.467. The van der Waals surface area contributed by atoms with Crippen LogP contribution in [-0.2, 0) is 0 Å². The van der Waals surface area contributed by atoms with E-state index in [0.717, 1.165) is 24.2 Å². The van der Waals surface area contributed by atoms with Crippen LogP contribution in [0.3, 0.4) is 0 Å². The van der Waals surface area contributed by atoms with Crippen molar-refractivity contribution in [3.63, 3.8) is 0 Å². The van der Waals surface area contributed by atoms with Gasteiger partial charge in [-0.3, -0.25) is 4.98 Å². The van der Waals surface area contributed by atoms with Crippen LogP contribution in [-0.4, -0.2) is 22.4 Å². The second-order valence-electron chi connectivity index (χ2n) is 6.14. The van der Waals surface area contributed by atoms with E-state index < -0.39 is 0 Å². The van der Waals surface area contributed by atoms with Crippen LogP contribution in [0.1, 0.15) is 26.7 Å². The number of nitrogens with zero attached hydrogens (tertiary/aromatic N) is 3. The van der Waals surface area contributed by atoms with Crippen LogP contribution in [0.15, 0.2) is 24.5 Å². The predicted octanol–water partition coefficient (Wildman–Crippen LogP) is 3.41. The highest BCUT2D eigenvalue weighted by Gasteiger charge is 2.28. The van der Waals surface area contributed by atoms with E-state index in [1.165, 1.54) is 29.4 Å². The first-order valence-corrected chi connectivity index (χ1v) is 7.75. The summed E-state index contributed by atoms with van der Waals surface area (Å²) >= 11 is 1.50. The summed E-state index contributed by atoms with van der Waals surface area (Å²) < 4.78 is 4.35. The summed E-state index contributed by atoms with van der Waals surface area (Å²) in [7, 11) is 0. The van der Waals surface area contributed by atoms with E-state index in [1.54, 1.807) is 6.20 Å². The van der Waals surface area contributed by atoms with E-state index in [9.17, 15) is 0 Å². The smallest absolute Gasteiger partial charge is 0.147 e. The van der Waals surface area contributed by atoms with Crippen molar-refractivity contribution in [2.45, 2.75) is 26.7 Å². The Balaban J connectivity index is 1.92. The Hall–Kier alpha value is -1.62. The number of nitrogen functional groups attached to an aromatic ring is 1. The Kier molecular flexibility index (Phi) is 3.38. The fourth-order valence-corrected chi connectivity index (χ4v) is 3.49. The van der Waals surface area contributed by atoms with Gasteiger partial charge in [-0.1, -0.05) is 19.9 Å². The zero-order valence-electron chi connectivity index (χ0n) is 12.0. The quantitative estimate of drug-likeness (QED) is 0.920. The molecule has 0 saturated carbocycles. The lowest BCUT2D eigenvalue weighted by Gasteiger charge is -2.37. The highest BCUT2D eigenvalue weighted by molar-refractivity contribution is 7.11. The number of nitrogens with two attached hydrogens (primary N) is 1. The number of aromatic nitrogens is 2. The van der Waals surface area contributed by atoms with E-state index in [-0.39, 0.29) is 0 Å². The van der Waals surface area contributed by atoms with Crippen LogP contribution >= 0.6 is 11.5 Å². The van der Waals surface area contributed by atoms with Crippen LogP contribution in [0, 0.1) is 5.41 Å². The molecule has 0 aliphatic carbocycles. The van der Waals surface area contributed by atoms with Gasteiger partial charge < -0.3 is 10.6 Å². The monoisotopic (exact) mass is 288 g/mol. The van der Waals surface area contributed by atoms with Crippen LogP contribution in [0.25, 0.3) is 11.1 Å². The third kappa shape index (κ3) is 2.50. The lowest BCUT2D eigenvalue weighted by Crippen LogP contribution is -2.37. The number of anilines is 2. The molecule has 106 valence electrons. The minimum atomic E-state index is 0.446. The van der Waals surface area contributed by atoms with Gasteiger partial charge in [-0.05, 0) is 35.9 Å². The van der Waals surface area contributed by atoms with Crippen molar-refractivity contribution < 1.29 is 0 Å². The largest absolute Gasteiger partial charge is 0.382 e. The first-order chi connectivity index (χ1) is 9.57. The van der Waals surface area contributed by atoms with Crippen molar-refractivity contribution in [2.24, 2.45) is 5.41 Å². The maximum Gasteiger partial charge on any atom is 0.147 e. The van der Waals surface area contributed by atoms with Gasteiger partial charge in [0.05, 0.1) is 5.56 Å². The molecule has 5 heteroatoms. The molecule has 0 spiro atoms. The van der Waals surface area contributed by atoms with Gasteiger partial charge in [0, 0.05) is 31.0 Å². The zero-order valence-corrected chi connectivity index (χ0v) is 12.8. The normalized spacial score (nSPS) is 18.2. The molecule has 2 aromatic rings. The molecule has 1 aliphatic rings. The summed E-state index contributed by atoms with van der Waals surface area (Å²) in [4.78, 5) is 6.61. The van der Waals surface area contributed by atoms with Gasteiger partial charge in [-0.2, -0.15) is 4.37 Å². The molecule has 4 nitrogen and oxygen atoms in total. The molecule has 2 N–H and O–H groups in total. The highest BCUT2D eigenvalue weighted by Crippen LogP contribution is 2.41. The van der Waals surface area contributed by atoms with Crippen molar-refractivity contribution in [3.8, 4) is 11.1 Å². The lowest BCUT2D eigenvalue weighted by molar-refractivity contribution is 0.280. The molecular formula is C15H20N4S. The number of hydrogen-bond acceptors (Lipinski definition) is 5. The van der Waals surface area contributed by atoms with Crippen molar-refractivity contribution >= 4 is 22.4 Å². The Bertz CT molecular complexity index is 581. The fourth-order valence-electron chi connectivity index (χ4n) is 2.61. The zero-order chi connectivity index (χ0) is 14.2. The van der Waals surface area contributed by atoms with Crippen LogP contribution in [0.5, 0.6) is 0 Å². The van der Waals surface area contributed by atoms with E-state index in [1.807, 2.05) is 18.3 Å². The van der Waals surface area contributed by atoms with Crippen molar-refractivity contribution in [1.29, 1.82) is 0 Å². The molecule has 0 radical (unpaired) electrons. The molecule has 1 fully saturated rings. The average molecular weight is 288 g/mol. The number of piperidine rings is 1. The first-order valence-electron chi connectivity index (χ1n) is 6.97. The third-order valence-corrected chi connectivity index (χ3v) is 4.98. The highest BCUT2D eigenvalue weighted by atomic mass is 32.1. The number of rotatable bonds is 2. The summed E-state index contributed by atoms with van der Waals surface area (Å²) in [6.07, 6.45) is 6.05. The molecule has 2 aromatic heterocycles. The number of hydrogen-bond donors (Lipinski definition) is 1. The Labute approximate surface area is 123 Å². The Morgan fingerprint density at radius 3 is 2.70 bits per heavy atom. The summed E-state index contributed by atoms with van der Waals surface area (Å²) in [5.74, 6) is 0.614. The number of pyridine rings is 1. The summed E-state index contributed by atoms with van der Waals surface area (Å²) in [6, 6.07) is 3.99. The molecule has 0 unspecified atom stereocenters. The SMILES string of the molecule is CC1(C)CCN(c2snc(N)c2-c2cccnc2)CC1. The third-order valence-electron chi connectivity index (χ3n) is 4.05. The average Bonchev–Trinajstić information content (AvgIpc) is 2.82. The van der Waals surface area contributed by atoms with E-state index >= 15 is 0 Å². The maximum absolute atomic E-state index is 6.08. The molecule has 3 rings (SSSR count). The van der Waals surface area contributed by atoms with Crippen molar-refractivity contribution in [3.05, 3.63) is 24.5 Å². The van der Waals surface area contributed by atoms with E-state index in [0.29, 0.717) is 11.2 Å². The van der Waals surface area contributed by atoms with Crippen LogP contribution < -0.4 is 10.6 Å². The van der Waals surface area contributed by atoms with Gasteiger partial charge in [0.1, 0.15) is 10.8 Å². The van der Waals surface area contributed by atoms with Crippen molar-refractivity contribution in [2.75, 3.05) is 23.7 Å². The molecule has 1 aliphatic heterocycles. The first kappa shape index (κ1) is 13.4. The molecule has 20 heavy (non-hydrogen) atoms. The predicted molar refractivity (Wildman–Crippen MR) is 85.0 cm³/mol. The standard InChI is InChI=1S/C15H20N4S/c1-15(2)5-8-19(9-6-15)14-12(13(16)18-20-14)11-4-3-7-17-10-11/h3-4,7,10H,5-6,8-9H2,1-2H3,(H2,16,18). The van der Waals surface area contributed by atoms with Gasteiger partial charge >= 0.3 is 0 Å². The summed E-state index contributed by atoms with van der Waals surface area (Å²) in [5, 5.41) is 1.19. The van der Waals surface area contributed by atoms with Gasteiger partial charge in [-0.25, -0.2) is 0 Å². The van der Waals surface area contributed by atoms with Gasteiger partial charge in [-0.15, -0.1) is 0 Å². The van der Waals surface area contributed by atoms with Gasteiger partial charge in [0.25, 0.3) is 0 Å². The lowest BCUT2D eigenvalue weighted by atomic mass is 9.83. The molecule has 1 saturated heterocycles. The Morgan fingerprint density at radius 2 is 2.05 bits per heavy atom. The van der Waals surface area contributed by atoms with Gasteiger partial charge in [0.15, 0.2) is 0 Å². The van der Waals surface area contributed by atoms with Crippen LogP contribution in [0.4, 0.5) is 10.8 Å². The molecule has 0 amide bonds. The topological polar surface area (TPSA) is 55.0 Å². The minimum absolute atomic E-state index is 0.446. The van der Waals surface area contributed by atoms with E-state index in [2.05, 4.69) is 28.1 Å². The molecular weight excluding hydrogens is 268 g/mol. The summed E-state index contributed by atoms with van der Waals surface area (Å²) in [6.45, 7) is 6.82. The molecule has 0 bridgehead atoms. The van der Waals surface area contributed by atoms with E-state index in [4.69, 9.17) is 5.73 Å². The molecule has 0 aromatic carbocycles. The van der Waals surface area contributed by atoms with Crippen LogP contribution in [0.2, 0.25) is 0 Å². The van der Waals surface area contributed by atoms with Crippen molar-refractivity contribution in [1.82, 2.24) is 9.36 Å². The van der Waals surface area contributed by atoms with Gasteiger partial charge in [0.2, 0.25) is 0 Å². The second kappa shape index (κ2) is 5.05.